The summed E-state index contributed by atoms with van der Waals surface area (Å²) in [4.78, 5) is 27.9. The topological polar surface area (TPSA) is 82.7 Å². The van der Waals surface area contributed by atoms with Gasteiger partial charge >= 0.3 is 6.03 Å². The van der Waals surface area contributed by atoms with Crippen molar-refractivity contribution in [3.8, 4) is 0 Å². The zero-order valence-electron chi connectivity index (χ0n) is 19.6. The number of urea groups is 1. The highest BCUT2D eigenvalue weighted by molar-refractivity contribution is 6.30. The lowest BCUT2D eigenvalue weighted by molar-refractivity contribution is 0.0949. The van der Waals surface area contributed by atoms with E-state index in [1.54, 1.807) is 37.4 Å². The van der Waals surface area contributed by atoms with Gasteiger partial charge in [-0.25, -0.2) is 4.79 Å². The largest absolute Gasteiger partial charge is 0.385 e. The van der Waals surface area contributed by atoms with E-state index in [1.165, 1.54) is 11.1 Å². The van der Waals surface area contributed by atoms with E-state index >= 15 is 0 Å². The minimum Gasteiger partial charge on any atom is -0.385 e. The van der Waals surface area contributed by atoms with Crippen LogP contribution in [0.15, 0.2) is 66.7 Å². The van der Waals surface area contributed by atoms with Crippen molar-refractivity contribution in [3.05, 3.63) is 88.4 Å². The number of amides is 3. The molecule has 0 radical (unpaired) electrons. The summed E-state index contributed by atoms with van der Waals surface area (Å²) >= 11 is 6.00. The Bertz CT molecular complexity index is 1200. The van der Waals surface area contributed by atoms with Crippen LogP contribution in [-0.2, 0) is 17.7 Å². The fourth-order valence-corrected chi connectivity index (χ4v) is 4.34. The van der Waals surface area contributed by atoms with Crippen LogP contribution in [0.25, 0.3) is 0 Å². The average molecular weight is 493 g/mol. The molecular weight excluding hydrogens is 464 g/mol. The minimum atomic E-state index is -0.418. The molecule has 1 heterocycles. The maximum Gasteiger partial charge on any atom is 0.323 e. The van der Waals surface area contributed by atoms with Crippen LogP contribution in [0.2, 0.25) is 5.02 Å². The smallest absolute Gasteiger partial charge is 0.323 e. The van der Waals surface area contributed by atoms with Gasteiger partial charge in [0.15, 0.2) is 0 Å². The molecule has 0 aliphatic carbocycles. The van der Waals surface area contributed by atoms with Gasteiger partial charge in [0.1, 0.15) is 0 Å². The van der Waals surface area contributed by atoms with E-state index in [0.717, 1.165) is 25.2 Å². The van der Waals surface area contributed by atoms with E-state index in [9.17, 15) is 9.59 Å². The number of hydrogen-bond donors (Lipinski definition) is 3. The molecule has 0 atom stereocenters. The van der Waals surface area contributed by atoms with E-state index in [-0.39, 0.29) is 5.91 Å². The average Bonchev–Trinajstić information content (AvgIpc) is 2.86. The summed E-state index contributed by atoms with van der Waals surface area (Å²) in [5.74, 6) is -0.186. The number of anilines is 3. The number of nitrogens with zero attached hydrogens (tertiary/aromatic N) is 1. The number of methoxy groups -OCH3 is 1. The third-order valence-electron chi connectivity index (χ3n) is 5.86. The quantitative estimate of drug-likeness (QED) is 0.372. The standard InChI is InChI=1S/C27H29ClN4O3/c1-35-15-5-13-29-26(33)24-17-23(31-27(34)30-22-9-4-8-21(28)16-22)10-11-25(24)32-14-12-19-6-2-3-7-20(19)18-32/h2-4,6-11,16-17H,5,12-15,18H2,1H3,(H,29,33)(H2,30,31,34). The van der Waals surface area contributed by atoms with Crippen molar-refractivity contribution in [1.29, 1.82) is 0 Å². The second-order valence-electron chi connectivity index (χ2n) is 8.36. The zero-order valence-corrected chi connectivity index (χ0v) is 20.4. The molecule has 1 aliphatic rings. The van der Waals surface area contributed by atoms with Crippen molar-refractivity contribution in [2.24, 2.45) is 0 Å². The molecule has 0 saturated heterocycles. The van der Waals surface area contributed by atoms with Crippen LogP contribution in [0.3, 0.4) is 0 Å². The van der Waals surface area contributed by atoms with Gasteiger partial charge in [0, 0.05) is 55.4 Å². The molecule has 0 fully saturated rings. The van der Waals surface area contributed by atoms with E-state index < -0.39 is 6.03 Å². The fourth-order valence-electron chi connectivity index (χ4n) is 4.15. The first kappa shape index (κ1) is 24.6. The van der Waals surface area contributed by atoms with E-state index in [2.05, 4.69) is 39.0 Å². The molecule has 1 aliphatic heterocycles. The number of benzene rings is 3. The van der Waals surface area contributed by atoms with Gasteiger partial charge in [-0.15, -0.1) is 0 Å². The van der Waals surface area contributed by atoms with Gasteiger partial charge < -0.3 is 25.6 Å². The number of carbonyl (C=O) groups excluding carboxylic acids is 2. The molecule has 182 valence electrons. The maximum absolute atomic E-state index is 13.2. The van der Waals surface area contributed by atoms with Gasteiger partial charge in [0.25, 0.3) is 5.91 Å². The predicted octanol–water partition coefficient (Wildman–Crippen LogP) is 5.31. The number of hydrogen-bond acceptors (Lipinski definition) is 4. The Morgan fingerprint density at radius 1 is 0.971 bits per heavy atom. The highest BCUT2D eigenvalue weighted by atomic mass is 35.5. The van der Waals surface area contributed by atoms with Crippen LogP contribution in [0.4, 0.5) is 21.9 Å². The summed E-state index contributed by atoms with van der Waals surface area (Å²) in [5, 5.41) is 9.07. The summed E-state index contributed by atoms with van der Waals surface area (Å²) in [6.45, 7) is 2.61. The van der Waals surface area contributed by atoms with Crippen molar-refractivity contribution in [3.63, 3.8) is 0 Å². The van der Waals surface area contributed by atoms with Gasteiger partial charge in [-0.2, -0.15) is 0 Å². The molecule has 0 aromatic heterocycles. The first-order chi connectivity index (χ1) is 17.0. The van der Waals surface area contributed by atoms with E-state index in [1.807, 2.05) is 18.2 Å². The molecule has 3 amide bonds. The molecule has 7 nitrogen and oxygen atoms in total. The number of carbonyl (C=O) groups is 2. The normalized spacial score (nSPS) is 12.6. The second kappa shape index (κ2) is 11.7. The molecule has 0 spiro atoms. The van der Waals surface area contributed by atoms with Crippen molar-refractivity contribution < 1.29 is 14.3 Å². The Balaban J connectivity index is 1.54. The fraction of sp³-hybridized carbons (Fsp3) is 0.259. The molecule has 3 aromatic carbocycles. The van der Waals surface area contributed by atoms with Crippen LogP contribution in [0.5, 0.6) is 0 Å². The molecule has 0 unspecified atom stereocenters. The lowest BCUT2D eigenvalue weighted by Gasteiger charge is -2.32. The highest BCUT2D eigenvalue weighted by Gasteiger charge is 2.22. The first-order valence-corrected chi connectivity index (χ1v) is 12.0. The summed E-state index contributed by atoms with van der Waals surface area (Å²) in [6, 6.07) is 20.3. The first-order valence-electron chi connectivity index (χ1n) is 11.6. The van der Waals surface area contributed by atoms with Gasteiger partial charge in [0.05, 0.1) is 5.56 Å². The Morgan fingerprint density at radius 3 is 2.51 bits per heavy atom. The molecule has 0 saturated carbocycles. The Kier molecular flexibility index (Phi) is 8.23. The summed E-state index contributed by atoms with van der Waals surface area (Å²) in [6.07, 6.45) is 1.63. The predicted molar refractivity (Wildman–Crippen MR) is 141 cm³/mol. The monoisotopic (exact) mass is 492 g/mol. The van der Waals surface area contributed by atoms with Crippen LogP contribution >= 0.6 is 11.6 Å². The van der Waals surface area contributed by atoms with Crippen molar-refractivity contribution in [2.75, 3.05) is 42.3 Å². The lowest BCUT2D eigenvalue weighted by Crippen LogP contribution is -2.33. The van der Waals surface area contributed by atoms with E-state index in [4.69, 9.17) is 16.3 Å². The third kappa shape index (κ3) is 6.53. The molecular formula is C27H29ClN4O3. The van der Waals surface area contributed by atoms with Gasteiger partial charge in [-0.3, -0.25) is 4.79 Å². The Morgan fingerprint density at radius 2 is 1.74 bits per heavy atom. The summed E-state index contributed by atoms with van der Waals surface area (Å²) < 4.78 is 5.08. The molecule has 35 heavy (non-hydrogen) atoms. The van der Waals surface area contributed by atoms with Crippen LogP contribution in [0, 0.1) is 0 Å². The van der Waals surface area contributed by atoms with Crippen molar-refractivity contribution in [1.82, 2.24) is 5.32 Å². The van der Waals surface area contributed by atoms with Gasteiger partial charge in [0.2, 0.25) is 0 Å². The number of nitrogens with one attached hydrogen (secondary N) is 3. The van der Waals surface area contributed by atoms with Crippen LogP contribution in [-0.4, -0.2) is 38.7 Å². The third-order valence-corrected chi connectivity index (χ3v) is 6.10. The molecule has 0 bridgehead atoms. The highest BCUT2D eigenvalue weighted by Crippen LogP contribution is 2.30. The Labute approximate surface area is 210 Å². The molecule has 8 heteroatoms. The molecule has 4 rings (SSSR count). The van der Waals surface area contributed by atoms with Crippen LogP contribution in [0.1, 0.15) is 27.9 Å². The molecule has 3 aromatic rings. The van der Waals surface area contributed by atoms with Crippen molar-refractivity contribution >= 4 is 40.6 Å². The van der Waals surface area contributed by atoms with Gasteiger partial charge in [-0.1, -0.05) is 41.9 Å². The number of fused-ring (bicyclic) bond motifs is 1. The summed E-state index contributed by atoms with van der Waals surface area (Å²) in [7, 11) is 1.64. The molecule has 3 N–H and O–H groups in total. The minimum absolute atomic E-state index is 0.186. The number of halogens is 1. The van der Waals surface area contributed by atoms with E-state index in [0.29, 0.717) is 41.5 Å². The maximum atomic E-state index is 13.2. The lowest BCUT2D eigenvalue weighted by atomic mass is 9.98. The van der Waals surface area contributed by atoms with Crippen LogP contribution < -0.4 is 20.9 Å². The number of ether oxygens (including phenoxy) is 1. The second-order valence-corrected chi connectivity index (χ2v) is 8.80. The zero-order chi connectivity index (χ0) is 24.6. The SMILES string of the molecule is COCCCNC(=O)c1cc(NC(=O)Nc2cccc(Cl)c2)ccc1N1CCc2ccccc2C1. The van der Waals surface area contributed by atoms with Gasteiger partial charge in [-0.05, 0) is 60.4 Å². The van der Waals surface area contributed by atoms with Crippen molar-refractivity contribution in [2.45, 2.75) is 19.4 Å². The Hall–Kier alpha value is -3.55. The number of rotatable bonds is 8. The summed E-state index contributed by atoms with van der Waals surface area (Å²) in [5.41, 5.74) is 5.05.